The fraction of sp³-hybridized carbons (Fsp3) is 0.200. The highest BCUT2D eigenvalue weighted by Gasteiger charge is 2.18. The van der Waals surface area contributed by atoms with Crippen molar-refractivity contribution in [2.24, 2.45) is 0 Å². The average molecular weight is 399 g/mol. The summed E-state index contributed by atoms with van der Waals surface area (Å²) in [5.74, 6) is 1.06. The number of benzene rings is 2. The van der Waals surface area contributed by atoms with Crippen LogP contribution < -0.4 is 20.1 Å². The van der Waals surface area contributed by atoms with Crippen molar-refractivity contribution in [2.45, 2.75) is 6.04 Å². The SMILES string of the molecule is COc1ccc(Nc2nc(C(=O)NC(CO)c3cccc(OC)c3)cs2)cc1. The maximum atomic E-state index is 12.5. The van der Waals surface area contributed by atoms with Crippen molar-refractivity contribution in [2.75, 3.05) is 26.1 Å². The van der Waals surface area contributed by atoms with Crippen molar-refractivity contribution < 1.29 is 19.4 Å². The molecule has 0 fully saturated rings. The van der Waals surface area contributed by atoms with Gasteiger partial charge in [0.2, 0.25) is 0 Å². The van der Waals surface area contributed by atoms with E-state index in [1.807, 2.05) is 36.4 Å². The Hall–Kier alpha value is -3.10. The monoisotopic (exact) mass is 399 g/mol. The predicted octanol–water partition coefficient (Wildman–Crippen LogP) is 3.37. The lowest BCUT2D eigenvalue weighted by Crippen LogP contribution is -2.31. The minimum absolute atomic E-state index is 0.236. The Balaban J connectivity index is 1.66. The van der Waals surface area contributed by atoms with Gasteiger partial charge in [0.25, 0.3) is 5.91 Å². The number of ether oxygens (including phenoxy) is 2. The van der Waals surface area contributed by atoms with E-state index in [0.717, 1.165) is 17.0 Å². The number of anilines is 2. The molecule has 0 bridgehead atoms. The highest BCUT2D eigenvalue weighted by molar-refractivity contribution is 7.14. The topological polar surface area (TPSA) is 92.7 Å². The number of methoxy groups -OCH3 is 2. The number of carbonyl (C=O) groups excluding carboxylic acids is 1. The molecule has 3 rings (SSSR count). The smallest absolute Gasteiger partial charge is 0.271 e. The van der Waals surface area contributed by atoms with Gasteiger partial charge in [0.05, 0.1) is 26.9 Å². The number of nitrogens with one attached hydrogen (secondary N) is 2. The largest absolute Gasteiger partial charge is 0.497 e. The predicted molar refractivity (Wildman–Crippen MR) is 109 cm³/mol. The summed E-state index contributed by atoms with van der Waals surface area (Å²) in [5, 5.41) is 17.9. The molecule has 0 spiro atoms. The molecule has 3 aromatic rings. The second kappa shape index (κ2) is 9.20. The van der Waals surface area contributed by atoms with Crippen molar-refractivity contribution in [3.63, 3.8) is 0 Å². The second-order valence-corrected chi connectivity index (χ2v) is 6.73. The van der Waals surface area contributed by atoms with E-state index in [1.165, 1.54) is 11.3 Å². The number of hydrogen-bond acceptors (Lipinski definition) is 7. The zero-order chi connectivity index (χ0) is 19.9. The van der Waals surface area contributed by atoms with E-state index in [0.29, 0.717) is 10.9 Å². The van der Waals surface area contributed by atoms with Crippen molar-refractivity contribution in [3.8, 4) is 11.5 Å². The number of carbonyl (C=O) groups is 1. The molecule has 28 heavy (non-hydrogen) atoms. The van der Waals surface area contributed by atoms with Gasteiger partial charge in [-0.3, -0.25) is 4.79 Å². The van der Waals surface area contributed by atoms with Gasteiger partial charge in [-0.1, -0.05) is 12.1 Å². The Kier molecular flexibility index (Phi) is 6.46. The summed E-state index contributed by atoms with van der Waals surface area (Å²) < 4.78 is 10.3. The molecule has 1 unspecified atom stereocenters. The van der Waals surface area contributed by atoms with Crippen LogP contribution >= 0.6 is 11.3 Å². The number of aliphatic hydroxyl groups is 1. The van der Waals surface area contributed by atoms with Gasteiger partial charge in [-0.05, 0) is 42.0 Å². The summed E-state index contributed by atoms with van der Waals surface area (Å²) in [6.45, 7) is -0.236. The van der Waals surface area contributed by atoms with Crippen LogP contribution in [0.3, 0.4) is 0 Å². The molecule has 3 N–H and O–H groups in total. The molecule has 0 aliphatic heterocycles. The normalized spacial score (nSPS) is 11.5. The molecular weight excluding hydrogens is 378 g/mol. The minimum atomic E-state index is -0.553. The first-order valence-corrected chi connectivity index (χ1v) is 9.43. The molecule has 146 valence electrons. The number of aliphatic hydroxyl groups excluding tert-OH is 1. The molecule has 1 aromatic heterocycles. The lowest BCUT2D eigenvalue weighted by molar-refractivity contribution is 0.0912. The maximum Gasteiger partial charge on any atom is 0.271 e. The van der Waals surface area contributed by atoms with E-state index in [4.69, 9.17) is 9.47 Å². The molecule has 0 aliphatic carbocycles. The van der Waals surface area contributed by atoms with Crippen LogP contribution in [0.4, 0.5) is 10.8 Å². The molecule has 7 nitrogen and oxygen atoms in total. The summed E-state index contributed by atoms with van der Waals surface area (Å²) in [5.41, 5.74) is 1.87. The lowest BCUT2D eigenvalue weighted by atomic mass is 10.1. The number of thiazole rings is 1. The Bertz CT molecular complexity index is 927. The van der Waals surface area contributed by atoms with E-state index in [9.17, 15) is 9.90 Å². The Morgan fingerprint density at radius 3 is 2.57 bits per heavy atom. The van der Waals surface area contributed by atoms with Gasteiger partial charge in [-0.2, -0.15) is 0 Å². The summed E-state index contributed by atoms with van der Waals surface area (Å²) in [6.07, 6.45) is 0. The van der Waals surface area contributed by atoms with Crippen LogP contribution in [0.1, 0.15) is 22.1 Å². The quantitative estimate of drug-likeness (QED) is 0.538. The molecule has 0 radical (unpaired) electrons. The van der Waals surface area contributed by atoms with Gasteiger partial charge < -0.3 is 25.2 Å². The zero-order valence-electron chi connectivity index (χ0n) is 15.5. The Morgan fingerprint density at radius 2 is 1.89 bits per heavy atom. The third-order valence-corrected chi connectivity index (χ3v) is 4.82. The third-order valence-electron chi connectivity index (χ3n) is 4.06. The summed E-state index contributed by atoms with van der Waals surface area (Å²) in [4.78, 5) is 16.9. The van der Waals surface area contributed by atoms with Gasteiger partial charge in [0.1, 0.15) is 17.2 Å². The molecule has 1 amide bonds. The van der Waals surface area contributed by atoms with E-state index < -0.39 is 6.04 Å². The maximum absolute atomic E-state index is 12.5. The van der Waals surface area contributed by atoms with Crippen molar-refractivity contribution in [3.05, 3.63) is 65.2 Å². The summed E-state index contributed by atoms with van der Waals surface area (Å²) in [7, 11) is 3.18. The first-order valence-electron chi connectivity index (χ1n) is 8.55. The minimum Gasteiger partial charge on any atom is -0.497 e. The van der Waals surface area contributed by atoms with Crippen molar-refractivity contribution >= 4 is 28.1 Å². The standard InChI is InChI=1S/C20H21N3O4S/c1-26-15-8-6-14(7-9-15)21-20-23-18(12-28-20)19(25)22-17(11-24)13-4-3-5-16(10-13)27-2/h3-10,12,17,24H,11H2,1-2H3,(H,21,23)(H,22,25). The Morgan fingerprint density at radius 1 is 1.14 bits per heavy atom. The van der Waals surface area contributed by atoms with Gasteiger partial charge in [-0.15, -0.1) is 11.3 Å². The fourth-order valence-corrected chi connectivity index (χ4v) is 3.27. The first-order chi connectivity index (χ1) is 13.6. The highest BCUT2D eigenvalue weighted by Crippen LogP contribution is 2.24. The van der Waals surface area contributed by atoms with Crippen molar-refractivity contribution in [1.82, 2.24) is 10.3 Å². The van der Waals surface area contributed by atoms with Crippen LogP contribution in [-0.4, -0.2) is 36.8 Å². The molecule has 8 heteroatoms. The molecular formula is C20H21N3O4S. The number of aromatic nitrogens is 1. The Labute approximate surface area is 167 Å². The van der Waals surface area contributed by atoms with Gasteiger partial charge in [-0.25, -0.2) is 4.98 Å². The first kappa shape index (κ1) is 19.7. The molecule has 1 heterocycles. The molecule has 1 atom stereocenters. The molecule has 0 aliphatic rings. The van der Waals surface area contributed by atoms with E-state index >= 15 is 0 Å². The number of nitrogens with zero attached hydrogens (tertiary/aromatic N) is 1. The molecule has 0 saturated carbocycles. The number of hydrogen-bond donors (Lipinski definition) is 3. The van der Waals surface area contributed by atoms with Crippen LogP contribution in [0.15, 0.2) is 53.9 Å². The van der Waals surface area contributed by atoms with Crippen LogP contribution in [0, 0.1) is 0 Å². The van der Waals surface area contributed by atoms with E-state index in [1.54, 1.807) is 31.7 Å². The van der Waals surface area contributed by atoms with Crippen LogP contribution in [0.25, 0.3) is 0 Å². The van der Waals surface area contributed by atoms with E-state index in [2.05, 4.69) is 15.6 Å². The van der Waals surface area contributed by atoms with E-state index in [-0.39, 0.29) is 18.2 Å². The summed E-state index contributed by atoms with van der Waals surface area (Å²) >= 11 is 1.32. The number of amides is 1. The molecule has 2 aromatic carbocycles. The van der Waals surface area contributed by atoms with Crippen LogP contribution in [0.2, 0.25) is 0 Å². The zero-order valence-corrected chi connectivity index (χ0v) is 16.3. The molecule has 0 saturated heterocycles. The highest BCUT2D eigenvalue weighted by atomic mass is 32.1. The van der Waals surface area contributed by atoms with Crippen LogP contribution in [0.5, 0.6) is 11.5 Å². The second-order valence-electron chi connectivity index (χ2n) is 5.88. The summed E-state index contributed by atoms with van der Waals surface area (Å²) in [6, 6.07) is 14.1. The van der Waals surface area contributed by atoms with Crippen LogP contribution in [-0.2, 0) is 0 Å². The average Bonchev–Trinajstić information content (AvgIpc) is 3.21. The third kappa shape index (κ3) is 4.79. The van der Waals surface area contributed by atoms with Gasteiger partial charge >= 0.3 is 0 Å². The van der Waals surface area contributed by atoms with Gasteiger partial charge in [0, 0.05) is 11.1 Å². The lowest BCUT2D eigenvalue weighted by Gasteiger charge is -2.16. The van der Waals surface area contributed by atoms with Gasteiger partial charge in [0.15, 0.2) is 5.13 Å². The fourth-order valence-electron chi connectivity index (χ4n) is 2.56. The number of rotatable bonds is 8. The van der Waals surface area contributed by atoms with Crippen molar-refractivity contribution in [1.29, 1.82) is 0 Å².